The number of hydrogen-bond donors (Lipinski definition) is 1. The van der Waals surface area contributed by atoms with E-state index in [-0.39, 0.29) is 23.8 Å². The fourth-order valence-corrected chi connectivity index (χ4v) is 5.57. The molecule has 3 aromatic rings. The molecule has 40 heavy (non-hydrogen) atoms. The van der Waals surface area contributed by atoms with Gasteiger partial charge in [0.2, 0.25) is 11.8 Å². The van der Waals surface area contributed by atoms with Gasteiger partial charge in [-0.1, -0.05) is 37.3 Å². The van der Waals surface area contributed by atoms with Gasteiger partial charge >= 0.3 is 0 Å². The molecule has 0 saturated carbocycles. The number of carbonyl (C=O) groups is 2. The van der Waals surface area contributed by atoms with Crippen molar-refractivity contribution in [1.29, 1.82) is 0 Å². The van der Waals surface area contributed by atoms with Gasteiger partial charge in [-0.2, -0.15) is 0 Å². The lowest BCUT2D eigenvalue weighted by atomic mass is 10.1. The highest BCUT2D eigenvalue weighted by Gasteiger charge is 2.34. The lowest BCUT2D eigenvalue weighted by molar-refractivity contribution is -0.141. The van der Waals surface area contributed by atoms with Gasteiger partial charge < -0.3 is 15.0 Å². The summed E-state index contributed by atoms with van der Waals surface area (Å²) in [5, 5.41) is 2.92. The second kappa shape index (κ2) is 13.0. The van der Waals surface area contributed by atoms with E-state index < -0.39 is 39.9 Å². The Bertz CT molecular complexity index is 1390. The van der Waals surface area contributed by atoms with E-state index in [4.69, 9.17) is 4.74 Å². The third kappa shape index (κ3) is 7.81. The first kappa shape index (κ1) is 30.6. The van der Waals surface area contributed by atoms with Gasteiger partial charge in [-0.05, 0) is 81.3 Å². The van der Waals surface area contributed by atoms with Crippen molar-refractivity contribution < 1.29 is 27.1 Å². The molecule has 0 saturated heterocycles. The molecule has 1 atom stereocenters. The standard InChI is InChI=1S/C30H36FN3O5S/c1-6-27(29(36)32-30(2,3)4)33(20-22-12-14-23(31)15-13-22)28(35)21-34(24-10-8-7-9-11-24)40(37,38)26-18-16-25(39-5)17-19-26/h7-19,27H,6,20-21H2,1-5H3,(H,32,36). The highest BCUT2D eigenvalue weighted by atomic mass is 32.2. The number of para-hydroxylation sites is 1. The third-order valence-electron chi connectivity index (χ3n) is 6.12. The Morgan fingerprint density at radius 3 is 2.08 bits per heavy atom. The molecule has 10 heteroatoms. The van der Waals surface area contributed by atoms with Crippen molar-refractivity contribution in [2.24, 2.45) is 0 Å². The number of anilines is 1. The fourth-order valence-electron chi connectivity index (χ4n) is 4.16. The monoisotopic (exact) mass is 569 g/mol. The summed E-state index contributed by atoms with van der Waals surface area (Å²) in [6.45, 7) is 6.72. The molecule has 0 aliphatic heterocycles. The number of rotatable bonds is 11. The van der Waals surface area contributed by atoms with Crippen molar-refractivity contribution in [3.8, 4) is 5.75 Å². The summed E-state index contributed by atoms with van der Waals surface area (Å²) in [6.07, 6.45) is 0.283. The van der Waals surface area contributed by atoms with E-state index in [0.717, 1.165) is 4.31 Å². The minimum atomic E-state index is -4.19. The van der Waals surface area contributed by atoms with E-state index in [1.807, 2.05) is 20.8 Å². The van der Waals surface area contributed by atoms with Gasteiger partial charge in [0, 0.05) is 12.1 Å². The van der Waals surface area contributed by atoms with Crippen LogP contribution < -0.4 is 14.4 Å². The maximum Gasteiger partial charge on any atom is 0.264 e. The van der Waals surface area contributed by atoms with Crippen molar-refractivity contribution in [2.75, 3.05) is 18.0 Å². The first-order valence-electron chi connectivity index (χ1n) is 12.9. The molecular weight excluding hydrogens is 533 g/mol. The number of sulfonamides is 1. The Morgan fingerprint density at radius 1 is 0.950 bits per heavy atom. The molecule has 0 heterocycles. The molecule has 0 aromatic heterocycles. The van der Waals surface area contributed by atoms with Crippen LogP contribution in [-0.2, 0) is 26.2 Å². The second-order valence-electron chi connectivity index (χ2n) is 10.3. The van der Waals surface area contributed by atoms with Crippen LogP contribution in [0.2, 0.25) is 0 Å². The number of methoxy groups -OCH3 is 1. The minimum absolute atomic E-state index is 0.0135. The van der Waals surface area contributed by atoms with Crippen LogP contribution in [0.5, 0.6) is 5.75 Å². The van der Waals surface area contributed by atoms with Crippen LogP contribution in [0.4, 0.5) is 10.1 Å². The molecule has 0 aliphatic rings. The summed E-state index contributed by atoms with van der Waals surface area (Å²) in [5.41, 5.74) is 0.338. The van der Waals surface area contributed by atoms with Gasteiger partial charge in [0.1, 0.15) is 24.2 Å². The molecule has 0 bridgehead atoms. The van der Waals surface area contributed by atoms with Crippen molar-refractivity contribution in [3.63, 3.8) is 0 Å². The summed E-state index contributed by atoms with van der Waals surface area (Å²) in [5.74, 6) is -0.890. The van der Waals surface area contributed by atoms with Gasteiger partial charge in [0.15, 0.2) is 0 Å². The van der Waals surface area contributed by atoms with E-state index in [1.54, 1.807) is 37.3 Å². The number of hydrogen-bond acceptors (Lipinski definition) is 5. The van der Waals surface area contributed by atoms with Crippen LogP contribution in [0.3, 0.4) is 0 Å². The molecule has 0 fully saturated rings. The SMILES string of the molecule is CCC(C(=O)NC(C)(C)C)N(Cc1ccc(F)cc1)C(=O)CN(c1ccccc1)S(=O)(=O)c1ccc(OC)cc1. The van der Waals surface area contributed by atoms with Crippen molar-refractivity contribution in [1.82, 2.24) is 10.2 Å². The minimum Gasteiger partial charge on any atom is -0.497 e. The average Bonchev–Trinajstić information content (AvgIpc) is 2.92. The summed E-state index contributed by atoms with van der Waals surface area (Å²) in [4.78, 5) is 28.6. The molecule has 3 rings (SSSR count). The quantitative estimate of drug-likeness (QED) is 0.360. The topological polar surface area (TPSA) is 96.0 Å². The number of ether oxygens (including phenoxy) is 1. The Kier molecular flexibility index (Phi) is 9.92. The van der Waals surface area contributed by atoms with Crippen molar-refractivity contribution in [2.45, 2.75) is 57.1 Å². The number of nitrogens with one attached hydrogen (secondary N) is 1. The zero-order chi connectivity index (χ0) is 29.5. The van der Waals surface area contributed by atoms with E-state index >= 15 is 0 Å². The molecule has 1 unspecified atom stereocenters. The van der Waals surface area contributed by atoms with Gasteiger partial charge in [-0.3, -0.25) is 13.9 Å². The van der Waals surface area contributed by atoms with Gasteiger partial charge in [-0.15, -0.1) is 0 Å². The van der Waals surface area contributed by atoms with Crippen LogP contribution >= 0.6 is 0 Å². The number of halogens is 1. The normalized spacial score (nSPS) is 12.3. The zero-order valence-corrected chi connectivity index (χ0v) is 24.2. The molecular formula is C30H36FN3O5S. The summed E-state index contributed by atoms with van der Waals surface area (Å²) in [6, 6.07) is 18.9. The summed E-state index contributed by atoms with van der Waals surface area (Å²) in [7, 11) is -2.71. The fraction of sp³-hybridized carbons (Fsp3) is 0.333. The molecule has 0 spiro atoms. The third-order valence-corrected chi connectivity index (χ3v) is 7.91. The maximum absolute atomic E-state index is 14.0. The van der Waals surface area contributed by atoms with Crippen LogP contribution in [0.25, 0.3) is 0 Å². The molecule has 8 nitrogen and oxygen atoms in total. The lowest BCUT2D eigenvalue weighted by Crippen LogP contribution is -2.55. The van der Waals surface area contributed by atoms with Gasteiger partial charge in [0.05, 0.1) is 17.7 Å². The van der Waals surface area contributed by atoms with E-state index in [9.17, 15) is 22.4 Å². The maximum atomic E-state index is 14.0. The van der Waals surface area contributed by atoms with Crippen LogP contribution in [0, 0.1) is 5.82 Å². The van der Waals surface area contributed by atoms with E-state index in [2.05, 4.69) is 5.32 Å². The first-order valence-corrected chi connectivity index (χ1v) is 14.4. The average molecular weight is 570 g/mol. The Balaban J connectivity index is 2.04. The second-order valence-corrected chi connectivity index (χ2v) is 12.2. The van der Waals surface area contributed by atoms with Crippen LogP contribution in [0.15, 0.2) is 83.8 Å². The van der Waals surface area contributed by atoms with Crippen LogP contribution in [-0.4, -0.2) is 50.4 Å². The summed E-state index contributed by atoms with van der Waals surface area (Å²) < 4.78 is 47.5. The number of carbonyl (C=O) groups excluding carboxylic acids is 2. The Labute approximate surface area is 235 Å². The number of amides is 2. The molecule has 0 radical (unpaired) electrons. The molecule has 0 aliphatic carbocycles. The van der Waals surface area contributed by atoms with Crippen molar-refractivity contribution >= 4 is 27.5 Å². The first-order chi connectivity index (χ1) is 18.9. The highest BCUT2D eigenvalue weighted by Crippen LogP contribution is 2.26. The smallest absolute Gasteiger partial charge is 0.264 e. The molecule has 1 N–H and O–H groups in total. The Morgan fingerprint density at radius 2 is 1.55 bits per heavy atom. The largest absolute Gasteiger partial charge is 0.497 e. The predicted molar refractivity (Wildman–Crippen MR) is 153 cm³/mol. The van der Waals surface area contributed by atoms with Gasteiger partial charge in [-0.25, -0.2) is 12.8 Å². The predicted octanol–water partition coefficient (Wildman–Crippen LogP) is 4.75. The Hall–Kier alpha value is -3.92. The number of benzene rings is 3. The van der Waals surface area contributed by atoms with Crippen molar-refractivity contribution in [3.05, 3.63) is 90.2 Å². The molecule has 3 aromatic carbocycles. The van der Waals surface area contributed by atoms with E-state index in [0.29, 0.717) is 17.0 Å². The summed E-state index contributed by atoms with van der Waals surface area (Å²) >= 11 is 0. The van der Waals surface area contributed by atoms with Gasteiger partial charge in [0.25, 0.3) is 10.0 Å². The molecule has 2 amide bonds. The number of nitrogens with zero attached hydrogens (tertiary/aromatic N) is 2. The zero-order valence-electron chi connectivity index (χ0n) is 23.4. The molecule has 214 valence electrons. The lowest BCUT2D eigenvalue weighted by Gasteiger charge is -2.34. The van der Waals surface area contributed by atoms with Crippen LogP contribution in [0.1, 0.15) is 39.7 Å². The highest BCUT2D eigenvalue weighted by molar-refractivity contribution is 7.92. The van der Waals surface area contributed by atoms with E-state index in [1.165, 1.54) is 60.5 Å².